The molecule has 16 heavy (non-hydrogen) atoms. The molecule has 0 bridgehead atoms. The van der Waals surface area contributed by atoms with Crippen molar-refractivity contribution in [2.45, 2.75) is 84.0 Å². The van der Waals surface area contributed by atoms with E-state index in [2.05, 4.69) is 6.92 Å². The van der Waals surface area contributed by atoms with Crippen LogP contribution in [-0.4, -0.2) is 0 Å². The zero-order valence-corrected chi connectivity index (χ0v) is 11.2. The first-order valence-electron chi connectivity index (χ1n) is 7.88. The van der Waals surface area contributed by atoms with Crippen LogP contribution in [0.5, 0.6) is 0 Å². The topological polar surface area (TPSA) is 0 Å². The molecular weight excluding hydrogens is 192 g/mol. The van der Waals surface area contributed by atoms with Crippen LogP contribution in [0.25, 0.3) is 0 Å². The second kappa shape index (κ2) is 6.67. The van der Waals surface area contributed by atoms with Gasteiger partial charge in [-0.3, -0.25) is 0 Å². The zero-order chi connectivity index (χ0) is 11.2. The summed E-state index contributed by atoms with van der Waals surface area (Å²) < 4.78 is 0. The van der Waals surface area contributed by atoms with E-state index in [1.807, 2.05) is 0 Å². The summed E-state index contributed by atoms with van der Waals surface area (Å²) in [6, 6.07) is 0. The minimum absolute atomic E-state index is 1.09. The fraction of sp³-hybridized carbons (Fsp3) is 1.00. The lowest BCUT2D eigenvalue weighted by molar-refractivity contribution is 0.206. The molecule has 0 unspecified atom stereocenters. The van der Waals surface area contributed by atoms with E-state index >= 15 is 0 Å². The summed E-state index contributed by atoms with van der Waals surface area (Å²) in [5.74, 6) is 3.31. The lowest BCUT2D eigenvalue weighted by atomic mass is 9.74. The molecule has 0 nitrogen and oxygen atoms in total. The highest BCUT2D eigenvalue weighted by molar-refractivity contribution is 4.76. The normalized spacial score (nSPS) is 32.8. The highest BCUT2D eigenvalue weighted by Crippen LogP contribution is 2.37. The minimum atomic E-state index is 1.09. The van der Waals surface area contributed by atoms with E-state index in [1.165, 1.54) is 32.1 Å². The van der Waals surface area contributed by atoms with Crippen LogP contribution in [-0.2, 0) is 0 Å². The van der Waals surface area contributed by atoms with Crippen molar-refractivity contribution in [1.82, 2.24) is 0 Å². The van der Waals surface area contributed by atoms with Gasteiger partial charge in [0.25, 0.3) is 0 Å². The van der Waals surface area contributed by atoms with Gasteiger partial charge < -0.3 is 0 Å². The molecule has 0 amide bonds. The highest BCUT2D eigenvalue weighted by Gasteiger charge is 2.24. The molecule has 2 rings (SSSR count). The van der Waals surface area contributed by atoms with Crippen LogP contribution in [0.1, 0.15) is 84.0 Å². The minimum Gasteiger partial charge on any atom is -0.0654 e. The maximum atomic E-state index is 2.34. The van der Waals surface area contributed by atoms with Crippen molar-refractivity contribution in [1.29, 1.82) is 0 Å². The molecule has 2 saturated carbocycles. The molecule has 0 aliphatic heterocycles. The molecule has 0 saturated heterocycles. The lowest BCUT2D eigenvalue weighted by Gasteiger charge is -2.32. The third kappa shape index (κ3) is 3.79. The molecule has 0 radical (unpaired) electrons. The van der Waals surface area contributed by atoms with Gasteiger partial charge in [0.05, 0.1) is 0 Å². The number of rotatable bonds is 4. The number of hydrogen-bond donors (Lipinski definition) is 0. The van der Waals surface area contributed by atoms with Crippen molar-refractivity contribution >= 4 is 0 Å². The molecule has 0 heterocycles. The Morgan fingerprint density at radius 1 is 0.688 bits per heavy atom. The van der Waals surface area contributed by atoms with Gasteiger partial charge in [-0.25, -0.2) is 0 Å². The molecule has 0 atom stereocenters. The predicted molar refractivity (Wildman–Crippen MR) is 71.5 cm³/mol. The van der Waals surface area contributed by atoms with Gasteiger partial charge in [-0.1, -0.05) is 77.6 Å². The Morgan fingerprint density at radius 3 is 1.88 bits per heavy atom. The fourth-order valence-electron chi connectivity index (χ4n) is 4.06. The molecule has 0 N–H and O–H groups in total. The molecule has 2 fully saturated rings. The van der Waals surface area contributed by atoms with E-state index in [1.54, 1.807) is 44.9 Å². The Morgan fingerprint density at radius 2 is 1.25 bits per heavy atom. The van der Waals surface area contributed by atoms with Gasteiger partial charge in [0.2, 0.25) is 0 Å². The van der Waals surface area contributed by atoms with E-state index < -0.39 is 0 Å². The highest BCUT2D eigenvalue weighted by atomic mass is 14.3. The van der Waals surface area contributed by atoms with Crippen LogP contribution in [0.2, 0.25) is 0 Å². The van der Waals surface area contributed by atoms with Crippen LogP contribution in [0, 0.1) is 17.8 Å². The fourth-order valence-corrected chi connectivity index (χ4v) is 4.06. The first kappa shape index (κ1) is 12.5. The molecule has 2 aliphatic rings. The van der Waals surface area contributed by atoms with Crippen molar-refractivity contribution in [3.63, 3.8) is 0 Å². The van der Waals surface area contributed by atoms with Crippen molar-refractivity contribution < 1.29 is 0 Å². The van der Waals surface area contributed by atoms with Gasteiger partial charge in [-0.15, -0.1) is 0 Å². The van der Waals surface area contributed by atoms with Gasteiger partial charge in [0.15, 0.2) is 0 Å². The van der Waals surface area contributed by atoms with E-state index in [-0.39, 0.29) is 0 Å². The summed E-state index contributed by atoms with van der Waals surface area (Å²) in [4.78, 5) is 0. The molecular formula is C16H30. The maximum Gasteiger partial charge on any atom is -0.0411 e. The zero-order valence-electron chi connectivity index (χ0n) is 11.2. The Labute approximate surface area is 102 Å². The smallest absolute Gasteiger partial charge is 0.0411 e. The van der Waals surface area contributed by atoms with Crippen molar-refractivity contribution in [3.8, 4) is 0 Å². The molecule has 0 spiro atoms. The van der Waals surface area contributed by atoms with Gasteiger partial charge in [-0.2, -0.15) is 0 Å². The Bertz CT molecular complexity index is 170. The molecule has 0 heteroatoms. The third-order valence-corrected chi connectivity index (χ3v) is 5.05. The Balaban J connectivity index is 1.64. The average Bonchev–Trinajstić information content (AvgIpc) is 2.33. The molecule has 0 aromatic rings. The summed E-state index contributed by atoms with van der Waals surface area (Å²) in [6.07, 6.45) is 18.3. The van der Waals surface area contributed by atoms with E-state index in [0.717, 1.165) is 17.8 Å². The second-order valence-electron chi connectivity index (χ2n) is 6.42. The number of hydrogen-bond acceptors (Lipinski definition) is 0. The van der Waals surface area contributed by atoms with Crippen LogP contribution in [0.4, 0.5) is 0 Å². The third-order valence-electron chi connectivity index (χ3n) is 5.05. The van der Waals surface area contributed by atoms with Gasteiger partial charge >= 0.3 is 0 Å². The monoisotopic (exact) mass is 222 g/mol. The van der Waals surface area contributed by atoms with Crippen LogP contribution in [0.15, 0.2) is 0 Å². The van der Waals surface area contributed by atoms with Crippen LogP contribution in [0.3, 0.4) is 0 Å². The van der Waals surface area contributed by atoms with E-state index in [9.17, 15) is 0 Å². The second-order valence-corrected chi connectivity index (χ2v) is 6.42. The maximum absolute atomic E-state index is 2.34. The van der Waals surface area contributed by atoms with Crippen LogP contribution < -0.4 is 0 Å². The largest absolute Gasteiger partial charge is 0.0654 e. The van der Waals surface area contributed by atoms with Crippen molar-refractivity contribution in [3.05, 3.63) is 0 Å². The first-order valence-corrected chi connectivity index (χ1v) is 7.88. The van der Waals surface area contributed by atoms with Gasteiger partial charge in [0, 0.05) is 0 Å². The molecule has 0 aromatic heterocycles. The quantitative estimate of drug-likeness (QED) is 0.584. The van der Waals surface area contributed by atoms with Crippen molar-refractivity contribution in [2.75, 3.05) is 0 Å². The Kier molecular flexibility index (Phi) is 5.19. The van der Waals surface area contributed by atoms with Gasteiger partial charge in [-0.05, 0) is 24.2 Å². The average molecular weight is 222 g/mol. The van der Waals surface area contributed by atoms with E-state index in [4.69, 9.17) is 0 Å². The summed E-state index contributed by atoms with van der Waals surface area (Å²) in [6.45, 7) is 2.34. The van der Waals surface area contributed by atoms with Crippen molar-refractivity contribution in [2.24, 2.45) is 17.8 Å². The SMILES string of the molecule is CCCC1CCC(CC2CCCCC2)CC1. The van der Waals surface area contributed by atoms with E-state index in [0.29, 0.717) is 0 Å². The van der Waals surface area contributed by atoms with Gasteiger partial charge in [0.1, 0.15) is 0 Å². The molecule has 2 aliphatic carbocycles. The predicted octanol–water partition coefficient (Wildman–Crippen LogP) is 5.56. The van der Waals surface area contributed by atoms with Crippen LogP contribution >= 0.6 is 0 Å². The standard InChI is InChI=1S/C16H30/c1-2-6-14-9-11-16(12-10-14)13-15-7-4-3-5-8-15/h14-16H,2-13H2,1H3. The first-order chi connectivity index (χ1) is 7.88. The summed E-state index contributed by atoms with van der Waals surface area (Å²) in [7, 11) is 0. The summed E-state index contributed by atoms with van der Waals surface area (Å²) >= 11 is 0. The Hall–Kier alpha value is 0. The molecule has 0 aromatic carbocycles. The summed E-state index contributed by atoms with van der Waals surface area (Å²) in [5.41, 5.74) is 0. The summed E-state index contributed by atoms with van der Waals surface area (Å²) in [5, 5.41) is 0. The molecule has 94 valence electrons. The lowest BCUT2D eigenvalue weighted by Crippen LogP contribution is -2.18.